The zero-order chi connectivity index (χ0) is 11.9. The van der Waals surface area contributed by atoms with E-state index in [1.165, 1.54) is 32.5 Å². The van der Waals surface area contributed by atoms with Crippen molar-refractivity contribution in [2.75, 3.05) is 19.6 Å². The SMILES string of the molecule is C(CNC1CC1)NCC1C2CC3CC(C2)CC1C3. The smallest absolute Gasteiger partial charge is 0.00793 e. The van der Waals surface area contributed by atoms with E-state index in [0.717, 1.165) is 35.6 Å². The quantitative estimate of drug-likeness (QED) is 0.705. The summed E-state index contributed by atoms with van der Waals surface area (Å²) in [6.45, 7) is 3.67. The number of rotatable bonds is 6. The maximum absolute atomic E-state index is 3.73. The molecule has 5 fully saturated rings. The molecule has 2 heteroatoms. The van der Waals surface area contributed by atoms with Crippen LogP contribution in [0.4, 0.5) is 0 Å². The van der Waals surface area contributed by atoms with E-state index in [0.29, 0.717) is 0 Å². The standard InChI is InChI=1S/C16H28N2/c1-2-15(1)18-4-3-17-10-16-13-6-11-5-12(8-13)9-14(16)7-11/h11-18H,1-10H2. The highest BCUT2D eigenvalue weighted by Gasteiger charge is 2.47. The minimum absolute atomic E-state index is 0.868. The molecule has 5 rings (SSSR count). The van der Waals surface area contributed by atoms with Gasteiger partial charge in [0.2, 0.25) is 0 Å². The second-order valence-corrected chi connectivity index (χ2v) is 7.53. The van der Waals surface area contributed by atoms with Crippen molar-refractivity contribution in [2.45, 2.75) is 51.0 Å². The van der Waals surface area contributed by atoms with Gasteiger partial charge in [-0.05, 0) is 81.1 Å². The van der Waals surface area contributed by atoms with Crippen molar-refractivity contribution in [2.24, 2.45) is 29.6 Å². The molecule has 5 saturated carbocycles. The van der Waals surface area contributed by atoms with Crippen LogP contribution in [0, 0.1) is 29.6 Å². The summed E-state index contributed by atoms with van der Waals surface area (Å²) in [5.41, 5.74) is 0. The van der Waals surface area contributed by atoms with Gasteiger partial charge >= 0.3 is 0 Å². The van der Waals surface area contributed by atoms with Crippen molar-refractivity contribution in [3.8, 4) is 0 Å². The molecule has 5 aliphatic rings. The Morgan fingerprint density at radius 2 is 1.44 bits per heavy atom. The summed E-state index contributed by atoms with van der Waals surface area (Å²) in [6, 6.07) is 0.868. The Kier molecular flexibility index (Phi) is 3.12. The third kappa shape index (κ3) is 2.34. The van der Waals surface area contributed by atoms with E-state index >= 15 is 0 Å². The van der Waals surface area contributed by atoms with Crippen LogP contribution >= 0.6 is 0 Å². The molecular weight excluding hydrogens is 220 g/mol. The number of hydrogen-bond donors (Lipinski definition) is 2. The zero-order valence-electron chi connectivity index (χ0n) is 11.5. The Balaban J connectivity index is 1.22. The minimum atomic E-state index is 0.868. The van der Waals surface area contributed by atoms with Gasteiger partial charge in [-0.1, -0.05) is 0 Å². The van der Waals surface area contributed by atoms with Crippen LogP contribution in [0.3, 0.4) is 0 Å². The topological polar surface area (TPSA) is 24.1 Å². The van der Waals surface area contributed by atoms with Crippen LogP contribution in [0.25, 0.3) is 0 Å². The van der Waals surface area contributed by atoms with Gasteiger partial charge in [-0.2, -0.15) is 0 Å². The summed E-state index contributed by atoms with van der Waals surface area (Å²) < 4.78 is 0. The summed E-state index contributed by atoms with van der Waals surface area (Å²) in [5, 5.41) is 7.33. The maximum Gasteiger partial charge on any atom is 0.00793 e. The molecule has 0 aromatic heterocycles. The first-order valence-corrected chi connectivity index (χ1v) is 8.32. The number of hydrogen-bond acceptors (Lipinski definition) is 2. The van der Waals surface area contributed by atoms with E-state index in [-0.39, 0.29) is 0 Å². The molecule has 5 aliphatic carbocycles. The van der Waals surface area contributed by atoms with Crippen LogP contribution in [-0.4, -0.2) is 25.7 Å². The first kappa shape index (κ1) is 11.7. The summed E-state index contributed by atoms with van der Waals surface area (Å²) >= 11 is 0. The Bertz CT molecular complexity index is 269. The van der Waals surface area contributed by atoms with Crippen LogP contribution in [0.2, 0.25) is 0 Å². The van der Waals surface area contributed by atoms with E-state index in [1.54, 1.807) is 32.1 Å². The lowest BCUT2D eigenvalue weighted by Gasteiger charge is -2.54. The number of nitrogens with one attached hydrogen (secondary N) is 2. The van der Waals surface area contributed by atoms with Crippen molar-refractivity contribution in [1.29, 1.82) is 0 Å². The molecule has 0 aromatic rings. The van der Waals surface area contributed by atoms with E-state index in [4.69, 9.17) is 0 Å². The van der Waals surface area contributed by atoms with Crippen molar-refractivity contribution in [3.63, 3.8) is 0 Å². The first-order valence-electron chi connectivity index (χ1n) is 8.32. The summed E-state index contributed by atoms with van der Waals surface area (Å²) in [4.78, 5) is 0. The summed E-state index contributed by atoms with van der Waals surface area (Å²) in [7, 11) is 0. The van der Waals surface area contributed by atoms with Crippen LogP contribution in [-0.2, 0) is 0 Å². The molecule has 0 radical (unpaired) electrons. The molecule has 0 atom stereocenters. The largest absolute Gasteiger partial charge is 0.315 e. The van der Waals surface area contributed by atoms with Gasteiger partial charge in [0.05, 0.1) is 0 Å². The van der Waals surface area contributed by atoms with Crippen LogP contribution in [0.15, 0.2) is 0 Å². The lowest BCUT2D eigenvalue weighted by Crippen LogP contribution is -2.48. The molecule has 2 nitrogen and oxygen atoms in total. The monoisotopic (exact) mass is 248 g/mol. The second kappa shape index (κ2) is 4.79. The second-order valence-electron chi connectivity index (χ2n) is 7.53. The van der Waals surface area contributed by atoms with Gasteiger partial charge in [0.1, 0.15) is 0 Å². The zero-order valence-corrected chi connectivity index (χ0v) is 11.5. The lowest BCUT2D eigenvalue weighted by molar-refractivity contribution is -0.0353. The van der Waals surface area contributed by atoms with Gasteiger partial charge in [0, 0.05) is 19.1 Å². The van der Waals surface area contributed by atoms with E-state index in [9.17, 15) is 0 Å². The molecule has 0 heterocycles. The molecular formula is C16H28N2. The van der Waals surface area contributed by atoms with Gasteiger partial charge in [-0.15, -0.1) is 0 Å². The highest BCUT2D eigenvalue weighted by atomic mass is 15.0. The van der Waals surface area contributed by atoms with Gasteiger partial charge in [0.25, 0.3) is 0 Å². The molecule has 4 bridgehead atoms. The Hall–Kier alpha value is -0.0800. The van der Waals surface area contributed by atoms with E-state index in [2.05, 4.69) is 10.6 Å². The fourth-order valence-electron chi connectivity index (χ4n) is 5.29. The first-order chi connectivity index (χ1) is 8.88. The molecule has 0 aliphatic heterocycles. The van der Waals surface area contributed by atoms with Crippen molar-refractivity contribution < 1.29 is 0 Å². The third-order valence-electron chi connectivity index (χ3n) is 6.11. The third-order valence-corrected chi connectivity index (χ3v) is 6.11. The average Bonchev–Trinajstić information content (AvgIpc) is 3.15. The Morgan fingerprint density at radius 3 is 2.06 bits per heavy atom. The molecule has 18 heavy (non-hydrogen) atoms. The van der Waals surface area contributed by atoms with Crippen molar-refractivity contribution >= 4 is 0 Å². The lowest BCUT2D eigenvalue weighted by atomic mass is 9.52. The van der Waals surface area contributed by atoms with Gasteiger partial charge < -0.3 is 10.6 Å². The van der Waals surface area contributed by atoms with Gasteiger partial charge in [-0.25, -0.2) is 0 Å². The maximum atomic E-state index is 3.73. The minimum Gasteiger partial charge on any atom is -0.315 e. The molecule has 0 saturated heterocycles. The molecule has 0 aromatic carbocycles. The highest BCUT2D eigenvalue weighted by molar-refractivity contribution is 4.98. The molecule has 0 amide bonds. The van der Waals surface area contributed by atoms with Crippen LogP contribution < -0.4 is 10.6 Å². The summed E-state index contributed by atoms with van der Waals surface area (Å²) in [6.07, 6.45) is 10.7. The van der Waals surface area contributed by atoms with Crippen molar-refractivity contribution in [3.05, 3.63) is 0 Å². The van der Waals surface area contributed by atoms with Crippen LogP contribution in [0.1, 0.15) is 44.9 Å². The van der Waals surface area contributed by atoms with E-state index < -0.39 is 0 Å². The Labute approximate surface area is 111 Å². The van der Waals surface area contributed by atoms with Gasteiger partial charge in [-0.3, -0.25) is 0 Å². The highest BCUT2D eigenvalue weighted by Crippen LogP contribution is 2.56. The van der Waals surface area contributed by atoms with E-state index in [1.807, 2.05) is 0 Å². The summed E-state index contributed by atoms with van der Waals surface area (Å²) in [5.74, 6) is 5.45. The Morgan fingerprint density at radius 1 is 0.778 bits per heavy atom. The van der Waals surface area contributed by atoms with Gasteiger partial charge in [0.15, 0.2) is 0 Å². The molecule has 2 N–H and O–H groups in total. The predicted molar refractivity (Wildman–Crippen MR) is 74.4 cm³/mol. The average molecular weight is 248 g/mol. The van der Waals surface area contributed by atoms with Crippen molar-refractivity contribution in [1.82, 2.24) is 10.6 Å². The normalized spacial score (nSPS) is 45.7. The molecule has 0 unspecified atom stereocenters. The van der Waals surface area contributed by atoms with Crippen LogP contribution in [0.5, 0.6) is 0 Å². The predicted octanol–water partition coefficient (Wildman–Crippen LogP) is 2.40. The fourth-order valence-corrected chi connectivity index (χ4v) is 5.29. The molecule has 0 spiro atoms. The fraction of sp³-hybridized carbons (Fsp3) is 1.00. The molecule has 102 valence electrons.